The summed E-state index contributed by atoms with van der Waals surface area (Å²) in [5.74, 6) is -0.642. The summed E-state index contributed by atoms with van der Waals surface area (Å²) in [6.07, 6.45) is 2.46. The number of carbonyl (C=O) groups excluding carboxylic acids is 1. The van der Waals surface area contributed by atoms with Crippen LogP contribution in [-0.4, -0.2) is 26.4 Å². The van der Waals surface area contributed by atoms with Gasteiger partial charge >= 0.3 is 0 Å². The lowest BCUT2D eigenvalue weighted by atomic mass is 10.1. The average molecular weight is 297 g/mol. The molecule has 0 bridgehead atoms. The van der Waals surface area contributed by atoms with Gasteiger partial charge in [0, 0.05) is 17.6 Å². The number of nitrogens with two attached hydrogens (primary N) is 2. The molecule has 20 heavy (non-hydrogen) atoms. The molecule has 6 nitrogen and oxygen atoms in total. The highest BCUT2D eigenvalue weighted by molar-refractivity contribution is 7.89. The standard InChI is InChI=1S/C13H19N3O3S/c1-8-5-6-9(7-10(8)13(15)17)20(18,19)16-12-4-2-3-11(12)14/h5-7,11-12,16H,2-4,14H2,1H3,(H2,15,17). The first-order chi connectivity index (χ1) is 9.31. The zero-order valence-corrected chi connectivity index (χ0v) is 12.1. The molecule has 0 spiro atoms. The Morgan fingerprint density at radius 3 is 2.60 bits per heavy atom. The van der Waals surface area contributed by atoms with Gasteiger partial charge in [-0.25, -0.2) is 13.1 Å². The summed E-state index contributed by atoms with van der Waals surface area (Å²) in [6, 6.07) is 3.93. The number of rotatable bonds is 4. The molecule has 1 amide bonds. The van der Waals surface area contributed by atoms with E-state index in [1.807, 2.05) is 0 Å². The number of hydrogen-bond acceptors (Lipinski definition) is 4. The van der Waals surface area contributed by atoms with Crippen molar-refractivity contribution in [2.24, 2.45) is 11.5 Å². The summed E-state index contributed by atoms with van der Waals surface area (Å²) < 4.78 is 27.2. The Labute approximate surface area is 118 Å². The minimum absolute atomic E-state index is 0.0380. The fourth-order valence-corrected chi connectivity index (χ4v) is 3.78. The second-order valence-corrected chi connectivity index (χ2v) is 6.88. The SMILES string of the molecule is Cc1ccc(S(=O)(=O)NC2CCCC2N)cc1C(N)=O. The van der Waals surface area contributed by atoms with Gasteiger partial charge in [0.25, 0.3) is 0 Å². The smallest absolute Gasteiger partial charge is 0.249 e. The maximum absolute atomic E-state index is 12.3. The van der Waals surface area contributed by atoms with Gasteiger partial charge in [-0.2, -0.15) is 0 Å². The number of sulfonamides is 1. The normalized spacial score (nSPS) is 22.9. The maximum Gasteiger partial charge on any atom is 0.249 e. The van der Waals surface area contributed by atoms with E-state index in [1.165, 1.54) is 12.1 Å². The van der Waals surface area contributed by atoms with E-state index in [1.54, 1.807) is 13.0 Å². The molecule has 0 radical (unpaired) electrons. The summed E-state index contributed by atoms with van der Waals surface area (Å²) >= 11 is 0. The molecule has 1 aliphatic rings. The van der Waals surface area contributed by atoms with Gasteiger partial charge in [0.05, 0.1) is 4.90 Å². The van der Waals surface area contributed by atoms with Crippen molar-refractivity contribution in [1.82, 2.24) is 4.72 Å². The first kappa shape index (κ1) is 15.0. The fourth-order valence-electron chi connectivity index (χ4n) is 2.44. The number of primary amides is 1. The van der Waals surface area contributed by atoms with E-state index in [4.69, 9.17) is 11.5 Å². The van der Waals surface area contributed by atoms with Gasteiger partial charge in [0.1, 0.15) is 0 Å². The van der Waals surface area contributed by atoms with Crippen LogP contribution in [0.2, 0.25) is 0 Å². The molecule has 0 aliphatic heterocycles. The quantitative estimate of drug-likeness (QED) is 0.739. The van der Waals surface area contributed by atoms with Crippen LogP contribution in [0, 0.1) is 6.92 Å². The molecular formula is C13H19N3O3S. The van der Waals surface area contributed by atoms with E-state index in [-0.39, 0.29) is 22.5 Å². The van der Waals surface area contributed by atoms with Gasteiger partial charge < -0.3 is 11.5 Å². The highest BCUT2D eigenvalue weighted by Crippen LogP contribution is 2.21. The van der Waals surface area contributed by atoms with E-state index in [2.05, 4.69) is 4.72 Å². The van der Waals surface area contributed by atoms with Crippen LogP contribution in [0.5, 0.6) is 0 Å². The average Bonchev–Trinajstić information content (AvgIpc) is 2.74. The van der Waals surface area contributed by atoms with Gasteiger partial charge in [-0.3, -0.25) is 4.79 Å². The number of hydrogen-bond donors (Lipinski definition) is 3. The van der Waals surface area contributed by atoms with Gasteiger partial charge in [0.2, 0.25) is 15.9 Å². The zero-order valence-electron chi connectivity index (χ0n) is 11.3. The van der Waals surface area contributed by atoms with E-state index in [9.17, 15) is 13.2 Å². The van der Waals surface area contributed by atoms with Crippen molar-refractivity contribution in [2.75, 3.05) is 0 Å². The van der Waals surface area contributed by atoms with Crippen LogP contribution in [0.4, 0.5) is 0 Å². The van der Waals surface area contributed by atoms with Crippen LogP contribution < -0.4 is 16.2 Å². The van der Waals surface area contributed by atoms with E-state index in [0.29, 0.717) is 5.56 Å². The molecule has 2 rings (SSSR count). The molecular weight excluding hydrogens is 278 g/mol. The lowest BCUT2D eigenvalue weighted by Crippen LogP contribution is -2.43. The lowest BCUT2D eigenvalue weighted by molar-refractivity contribution is 0.0999. The number of nitrogens with one attached hydrogen (secondary N) is 1. The summed E-state index contributed by atoms with van der Waals surface area (Å²) in [4.78, 5) is 11.3. The highest BCUT2D eigenvalue weighted by atomic mass is 32.2. The third-order valence-corrected chi connectivity index (χ3v) is 5.15. The number of amides is 1. The molecule has 0 aromatic heterocycles. The first-order valence-electron chi connectivity index (χ1n) is 6.49. The number of aryl methyl sites for hydroxylation is 1. The van der Waals surface area contributed by atoms with Crippen molar-refractivity contribution in [3.8, 4) is 0 Å². The highest BCUT2D eigenvalue weighted by Gasteiger charge is 2.29. The molecule has 1 aromatic carbocycles. The monoisotopic (exact) mass is 297 g/mol. The molecule has 0 heterocycles. The molecule has 1 saturated carbocycles. The van der Waals surface area contributed by atoms with Crippen LogP contribution in [0.1, 0.15) is 35.2 Å². The van der Waals surface area contributed by atoms with E-state index < -0.39 is 15.9 Å². The Morgan fingerprint density at radius 1 is 1.35 bits per heavy atom. The van der Waals surface area contributed by atoms with Crippen molar-refractivity contribution in [3.05, 3.63) is 29.3 Å². The zero-order chi connectivity index (χ0) is 14.9. The molecule has 2 unspecified atom stereocenters. The molecule has 2 atom stereocenters. The van der Waals surface area contributed by atoms with Gasteiger partial charge in [-0.15, -0.1) is 0 Å². The van der Waals surface area contributed by atoms with Gasteiger partial charge in [-0.1, -0.05) is 12.5 Å². The Balaban J connectivity index is 2.30. The summed E-state index contributed by atoms with van der Waals surface area (Å²) in [5, 5.41) is 0. The van der Waals surface area contributed by atoms with Crippen LogP contribution in [0.25, 0.3) is 0 Å². The molecule has 7 heteroatoms. The van der Waals surface area contributed by atoms with Crippen LogP contribution in [-0.2, 0) is 10.0 Å². The molecule has 0 saturated heterocycles. The summed E-state index contributed by atoms with van der Waals surface area (Å²) in [6.45, 7) is 1.71. The van der Waals surface area contributed by atoms with Crippen molar-refractivity contribution >= 4 is 15.9 Å². The molecule has 1 aromatic rings. The lowest BCUT2D eigenvalue weighted by Gasteiger charge is -2.17. The Morgan fingerprint density at radius 2 is 2.05 bits per heavy atom. The Bertz CT molecular complexity index is 628. The van der Waals surface area contributed by atoms with Crippen molar-refractivity contribution in [1.29, 1.82) is 0 Å². The Hall–Kier alpha value is -1.44. The van der Waals surface area contributed by atoms with Crippen molar-refractivity contribution in [3.63, 3.8) is 0 Å². The van der Waals surface area contributed by atoms with Gasteiger partial charge in [-0.05, 0) is 37.5 Å². The predicted molar refractivity (Wildman–Crippen MR) is 75.6 cm³/mol. The second-order valence-electron chi connectivity index (χ2n) is 5.16. The van der Waals surface area contributed by atoms with Gasteiger partial charge in [0.15, 0.2) is 0 Å². The first-order valence-corrected chi connectivity index (χ1v) is 7.98. The number of carbonyl (C=O) groups is 1. The molecule has 1 aliphatic carbocycles. The van der Waals surface area contributed by atoms with Crippen LogP contribution >= 0.6 is 0 Å². The van der Waals surface area contributed by atoms with Crippen LogP contribution in [0.3, 0.4) is 0 Å². The minimum atomic E-state index is -3.69. The third-order valence-electron chi connectivity index (χ3n) is 3.66. The number of benzene rings is 1. The van der Waals surface area contributed by atoms with Crippen molar-refractivity contribution in [2.45, 2.75) is 43.2 Å². The molecule has 5 N–H and O–H groups in total. The molecule has 1 fully saturated rings. The van der Waals surface area contributed by atoms with Crippen LogP contribution in [0.15, 0.2) is 23.1 Å². The second kappa shape index (κ2) is 5.51. The van der Waals surface area contributed by atoms with E-state index >= 15 is 0 Å². The Kier molecular flexibility index (Phi) is 4.12. The van der Waals surface area contributed by atoms with Crippen molar-refractivity contribution < 1.29 is 13.2 Å². The molecule has 110 valence electrons. The fraction of sp³-hybridized carbons (Fsp3) is 0.462. The third kappa shape index (κ3) is 3.00. The predicted octanol–water partition coefficient (Wildman–Crippen LogP) is 0.252. The summed E-state index contributed by atoms with van der Waals surface area (Å²) in [5.41, 5.74) is 12.0. The minimum Gasteiger partial charge on any atom is -0.366 e. The van der Waals surface area contributed by atoms with E-state index in [0.717, 1.165) is 19.3 Å². The maximum atomic E-state index is 12.3. The summed E-state index contributed by atoms with van der Waals surface area (Å²) in [7, 11) is -3.69. The largest absolute Gasteiger partial charge is 0.366 e. The topological polar surface area (TPSA) is 115 Å².